The van der Waals surface area contributed by atoms with Gasteiger partial charge in [0.1, 0.15) is 18.5 Å². The number of ether oxygens (including phenoxy) is 1. The third kappa shape index (κ3) is 3.28. The van der Waals surface area contributed by atoms with Crippen molar-refractivity contribution in [1.29, 1.82) is 5.26 Å². The molecule has 0 spiro atoms. The largest absolute Gasteiger partial charge is 0.490 e. The lowest BCUT2D eigenvalue weighted by Crippen LogP contribution is -2.10. The standard InChI is InChI=1S/C16H16N2O2/c1-11-5-6-12(9-17)7-16(11)20-10-15(19)13-3-2-4-14(18)8-13/h2-8,15,19H,10,18H2,1H3. The fourth-order valence-electron chi connectivity index (χ4n) is 1.86. The normalized spacial score (nSPS) is 11.7. The molecule has 0 aliphatic heterocycles. The fraction of sp³-hybridized carbons (Fsp3) is 0.188. The molecule has 2 aromatic rings. The van der Waals surface area contributed by atoms with Gasteiger partial charge in [-0.25, -0.2) is 0 Å². The summed E-state index contributed by atoms with van der Waals surface area (Å²) in [6.07, 6.45) is -0.761. The Bertz CT molecular complexity index is 647. The highest BCUT2D eigenvalue weighted by molar-refractivity contribution is 5.43. The van der Waals surface area contributed by atoms with Crippen LogP contribution in [-0.4, -0.2) is 11.7 Å². The number of nitrogen functional groups attached to an aromatic ring is 1. The van der Waals surface area contributed by atoms with Crippen LogP contribution >= 0.6 is 0 Å². The first-order valence-corrected chi connectivity index (χ1v) is 6.27. The van der Waals surface area contributed by atoms with Crippen LogP contribution in [0.5, 0.6) is 5.75 Å². The Kier molecular flexibility index (Phi) is 4.24. The topological polar surface area (TPSA) is 79.3 Å². The molecule has 102 valence electrons. The first kappa shape index (κ1) is 13.9. The lowest BCUT2D eigenvalue weighted by molar-refractivity contribution is 0.108. The highest BCUT2D eigenvalue weighted by Gasteiger charge is 2.10. The predicted molar refractivity (Wildman–Crippen MR) is 77.2 cm³/mol. The Morgan fingerprint density at radius 3 is 2.80 bits per heavy atom. The van der Waals surface area contributed by atoms with E-state index in [2.05, 4.69) is 6.07 Å². The first-order valence-electron chi connectivity index (χ1n) is 6.27. The van der Waals surface area contributed by atoms with Gasteiger partial charge in [0.2, 0.25) is 0 Å². The average Bonchev–Trinajstić information content (AvgIpc) is 2.46. The van der Waals surface area contributed by atoms with Crippen molar-refractivity contribution >= 4 is 5.69 Å². The summed E-state index contributed by atoms with van der Waals surface area (Å²) >= 11 is 0. The Labute approximate surface area is 118 Å². The molecular formula is C16H16N2O2. The van der Waals surface area contributed by atoms with Gasteiger partial charge >= 0.3 is 0 Å². The Morgan fingerprint density at radius 1 is 1.30 bits per heavy atom. The van der Waals surface area contributed by atoms with Gasteiger partial charge in [-0.3, -0.25) is 0 Å². The minimum Gasteiger partial charge on any atom is -0.490 e. The van der Waals surface area contributed by atoms with Crippen molar-refractivity contribution in [3.8, 4) is 11.8 Å². The average molecular weight is 268 g/mol. The van der Waals surface area contributed by atoms with Gasteiger partial charge in [-0.2, -0.15) is 5.26 Å². The lowest BCUT2D eigenvalue weighted by atomic mass is 10.1. The molecule has 0 aromatic heterocycles. The number of anilines is 1. The maximum absolute atomic E-state index is 10.1. The van der Waals surface area contributed by atoms with Gasteiger partial charge in [0, 0.05) is 5.69 Å². The number of hydrogen-bond acceptors (Lipinski definition) is 4. The van der Waals surface area contributed by atoms with Crippen LogP contribution in [0.15, 0.2) is 42.5 Å². The highest BCUT2D eigenvalue weighted by Crippen LogP contribution is 2.22. The number of nitrogens with zero attached hydrogens (tertiary/aromatic N) is 1. The van der Waals surface area contributed by atoms with Crippen molar-refractivity contribution in [1.82, 2.24) is 0 Å². The van der Waals surface area contributed by atoms with Crippen LogP contribution in [0.1, 0.15) is 22.8 Å². The summed E-state index contributed by atoms with van der Waals surface area (Å²) in [6.45, 7) is 2.00. The molecule has 0 fully saturated rings. The van der Waals surface area contributed by atoms with Crippen LogP contribution in [0.4, 0.5) is 5.69 Å². The molecule has 20 heavy (non-hydrogen) atoms. The molecule has 4 heteroatoms. The maximum atomic E-state index is 10.1. The van der Waals surface area contributed by atoms with Gasteiger partial charge in [-0.1, -0.05) is 18.2 Å². The number of nitriles is 1. The van der Waals surface area contributed by atoms with Crippen molar-refractivity contribution in [2.75, 3.05) is 12.3 Å². The Hall–Kier alpha value is -2.51. The van der Waals surface area contributed by atoms with E-state index in [0.717, 1.165) is 5.56 Å². The molecule has 0 saturated heterocycles. The molecule has 3 N–H and O–H groups in total. The third-order valence-corrected chi connectivity index (χ3v) is 3.01. The number of aliphatic hydroxyl groups excluding tert-OH is 1. The number of nitrogens with two attached hydrogens (primary N) is 1. The summed E-state index contributed by atoms with van der Waals surface area (Å²) in [6, 6.07) is 14.3. The molecule has 2 aromatic carbocycles. The molecule has 0 aliphatic rings. The van der Waals surface area contributed by atoms with Gasteiger partial charge in [-0.15, -0.1) is 0 Å². The molecule has 0 heterocycles. The first-order chi connectivity index (χ1) is 9.60. The summed E-state index contributed by atoms with van der Waals surface area (Å²) in [5.41, 5.74) is 8.44. The molecular weight excluding hydrogens is 252 g/mol. The second kappa shape index (κ2) is 6.09. The summed E-state index contributed by atoms with van der Waals surface area (Å²) in [5.74, 6) is 0.604. The number of benzene rings is 2. The van der Waals surface area contributed by atoms with E-state index in [1.807, 2.05) is 13.0 Å². The summed E-state index contributed by atoms with van der Waals surface area (Å²) in [7, 11) is 0. The zero-order chi connectivity index (χ0) is 14.5. The smallest absolute Gasteiger partial charge is 0.123 e. The van der Waals surface area contributed by atoms with E-state index in [4.69, 9.17) is 15.7 Å². The summed E-state index contributed by atoms with van der Waals surface area (Å²) in [5, 5.41) is 18.9. The molecule has 4 nitrogen and oxygen atoms in total. The highest BCUT2D eigenvalue weighted by atomic mass is 16.5. The molecule has 2 rings (SSSR count). The van der Waals surface area contributed by atoms with Gasteiger partial charge in [0.15, 0.2) is 0 Å². The number of aliphatic hydroxyl groups is 1. The molecule has 0 amide bonds. The monoisotopic (exact) mass is 268 g/mol. The number of hydrogen-bond donors (Lipinski definition) is 2. The molecule has 1 atom stereocenters. The fourth-order valence-corrected chi connectivity index (χ4v) is 1.86. The minimum absolute atomic E-state index is 0.110. The summed E-state index contributed by atoms with van der Waals surface area (Å²) < 4.78 is 5.59. The van der Waals surface area contributed by atoms with Crippen LogP contribution in [0.3, 0.4) is 0 Å². The summed E-state index contributed by atoms with van der Waals surface area (Å²) in [4.78, 5) is 0. The van der Waals surface area contributed by atoms with Crippen molar-refractivity contribution in [3.63, 3.8) is 0 Å². The van der Waals surface area contributed by atoms with Gasteiger partial charge < -0.3 is 15.6 Å². The van der Waals surface area contributed by atoms with Crippen molar-refractivity contribution in [2.24, 2.45) is 0 Å². The molecule has 0 radical (unpaired) electrons. The van der Waals surface area contributed by atoms with E-state index >= 15 is 0 Å². The van der Waals surface area contributed by atoms with E-state index in [1.54, 1.807) is 36.4 Å². The van der Waals surface area contributed by atoms with Crippen LogP contribution in [0.2, 0.25) is 0 Å². The van der Waals surface area contributed by atoms with E-state index in [1.165, 1.54) is 0 Å². The van der Waals surface area contributed by atoms with Crippen LogP contribution in [0.25, 0.3) is 0 Å². The van der Waals surface area contributed by atoms with E-state index in [0.29, 0.717) is 22.6 Å². The second-order valence-corrected chi connectivity index (χ2v) is 4.59. The van der Waals surface area contributed by atoms with Gasteiger partial charge in [0.25, 0.3) is 0 Å². The van der Waals surface area contributed by atoms with Crippen LogP contribution in [-0.2, 0) is 0 Å². The second-order valence-electron chi connectivity index (χ2n) is 4.59. The minimum atomic E-state index is -0.761. The maximum Gasteiger partial charge on any atom is 0.123 e. The lowest BCUT2D eigenvalue weighted by Gasteiger charge is -2.14. The number of aryl methyl sites for hydroxylation is 1. The Morgan fingerprint density at radius 2 is 2.10 bits per heavy atom. The van der Waals surface area contributed by atoms with Crippen molar-refractivity contribution in [3.05, 3.63) is 59.2 Å². The van der Waals surface area contributed by atoms with Crippen molar-refractivity contribution < 1.29 is 9.84 Å². The van der Waals surface area contributed by atoms with Crippen LogP contribution in [0, 0.1) is 18.3 Å². The van der Waals surface area contributed by atoms with Gasteiger partial charge in [-0.05, 0) is 42.3 Å². The van der Waals surface area contributed by atoms with Gasteiger partial charge in [0.05, 0.1) is 11.6 Å². The van der Waals surface area contributed by atoms with E-state index in [9.17, 15) is 5.11 Å². The van der Waals surface area contributed by atoms with E-state index < -0.39 is 6.10 Å². The van der Waals surface area contributed by atoms with Crippen molar-refractivity contribution in [2.45, 2.75) is 13.0 Å². The Balaban J connectivity index is 2.07. The molecule has 0 bridgehead atoms. The zero-order valence-electron chi connectivity index (χ0n) is 11.2. The molecule has 1 unspecified atom stereocenters. The SMILES string of the molecule is Cc1ccc(C#N)cc1OCC(O)c1cccc(N)c1. The zero-order valence-corrected chi connectivity index (χ0v) is 11.2. The third-order valence-electron chi connectivity index (χ3n) is 3.01. The van der Waals surface area contributed by atoms with Crippen LogP contribution < -0.4 is 10.5 Å². The number of rotatable bonds is 4. The predicted octanol–water partition coefficient (Wildman–Crippen LogP) is 2.56. The van der Waals surface area contributed by atoms with E-state index in [-0.39, 0.29) is 6.61 Å². The quantitative estimate of drug-likeness (QED) is 0.835. The molecule has 0 saturated carbocycles. The molecule has 0 aliphatic carbocycles.